The van der Waals surface area contributed by atoms with Crippen molar-refractivity contribution in [3.05, 3.63) is 0 Å². The van der Waals surface area contributed by atoms with Gasteiger partial charge in [0.2, 0.25) is 0 Å². The third-order valence-corrected chi connectivity index (χ3v) is 7.56. The Labute approximate surface area is 114 Å². The van der Waals surface area contributed by atoms with E-state index in [-0.39, 0.29) is 12.5 Å². The van der Waals surface area contributed by atoms with Crippen molar-refractivity contribution in [2.45, 2.75) is 48.1 Å². The summed E-state index contributed by atoms with van der Waals surface area (Å²) in [6, 6.07) is -0.651. The molecule has 0 bridgehead atoms. The number of ether oxygens (including phenoxy) is 1. The predicted molar refractivity (Wildman–Crippen MR) is 70.4 cm³/mol. The van der Waals surface area contributed by atoms with E-state index in [9.17, 15) is 15.0 Å². The second-order valence-corrected chi connectivity index (χ2v) is 13.6. The first-order valence-electron chi connectivity index (χ1n) is 5.60. The van der Waals surface area contributed by atoms with Gasteiger partial charge in [-0.2, -0.15) is 0 Å². The Hall–Kier alpha value is 0.218. The summed E-state index contributed by atoms with van der Waals surface area (Å²) >= 11 is -1.11. The molecule has 1 amide bonds. The van der Waals surface area contributed by atoms with Gasteiger partial charge in [-0.1, -0.05) is 0 Å². The zero-order valence-corrected chi connectivity index (χ0v) is 13.3. The van der Waals surface area contributed by atoms with Crippen LogP contribution in [-0.4, -0.2) is 71.1 Å². The fourth-order valence-corrected chi connectivity index (χ4v) is 6.49. The SMILES string of the molecule is CC(=O)N[C@H]1[C@@H](O)[C@H](O)[C@@H](CO)O[C@H]1S[As](C)C. The minimum atomic E-state index is -1.20. The van der Waals surface area contributed by atoms with Crippen LogP contribution in [0.4, 0.5) is 0 Å². The quantitative estimate of drug-likeness (QED) is 0.485. The Morgan fingerprint density at radius 2 is 2.00 bits per heavy atom. The molecule has 6 nitrogen and oxygen atoms in total. The third-order valence-electron chi connectivity index (χ3n) is 2.57. The average molecular weight is 341 g/mol. The summed E-state index contributed by atoms with van der Waals surface area (Å²) in [5.41, 5.74) is 3.79. The average Bonchev–Trinajstić information content (AvgIpc) is 2.27. The standard InChI is InChI=1S/C10H20AsNO5S/c1-5(14)12-7-9(16)8(15)6(4-13)17-10(7)18-11(2)3/h6-10,13,15-16H,4H2,1-3H3,(H,12,14)/t6-,7+,8-,9-,10+/m1/s1. The molecule has 0 aliphatic carbocycles. The minimum absolute atomic E-state index is 0.283. The summed E-state index contributed by atoms with van der Waals surface area (Å²) in [6.45, 7) is 0.995. The van der Waals surface area contributed by atoms with Crippen LogP contribution in [0.25, 0.3) is 0 Å². The Morgan fingerprint density at radius 1 is 1.39 bits per heavy atom. The maximum absolute atomic E-state index is 11.1. The molecule has 4 N–H and O–H groups in total. The van der Waals surface area contributed by atoms with Crippen molar-refractivity contribution in [1.29, 1.82) is 0 Å². The van der Waals surface area contributed by atoms with Gasteiger partial charge in [0.15, 0.2) is 0 Å². The number of aliphatic hydroxyl groups excluding tert-OH is 3. The number of rotatable bonds is 4. The fourth-order valence-electron chi connectivity index (χ4n) is 1.77. The Balaban J connectivity index is 2.83. The molecule has 1 heterocycles. The number of hydrogen-bond acceptors (Lipinski definition) is 6. The molecule has 0 spiro atoms. The van der Waals surface area contributed by atoms with Crippen LogP contribution in [0.5, 0.6) is 0 Å². The van der Waals surface area contributed by atoms with Gasteiger partial charge in [0, 0.05) is 0 Å². The van der Waals surface area contributed by atoms with Gasteiger partial charge in [-0.05, 0) is 0 Å². The van der Waals surface area contributed by atoms with Crippen LogP contribution in [0.2, 0.25) is 11.4 Å². The van der Waals surface area contributed by atoms with E-state index >= 15 is 0 Å². The molecule has 0 aromatic heterocycles. The van der Waals surface area contributed by atoms with E-state index in [1.165, 1.54) is 6.92 Å². The van der Waals surface area contributed by atoms with E-state index in [0.29, 0.717) is 0 Å². The number of aliphatic hydroxyl groups is 3. The third kappa shape index (κ3) is 4.11. The van der Waals surface area contributed by atoms with Gasteiger partial charge in [0.25, 0.3) is 0 Å². The van der Waals surface area contributed by atoms with Gasteiger partial charge in [0.05, 0.1) is 0 Å². The van der Waals surface area contributed by atoms with Crippen molar-refractivity contribution in [2.75, 3.05) is 6.61 Å². The van der Waals surface area contributed by atoms with Crippen molar-refractivity contribution in [1.82, 2.24) is 5.32 Å². The Kier molecular flexibility index (Phi) is 6.44. The van der Waals surface area contributed by atoms with Crippen LogP contribution in [-0.2, 0) is 9.53 Å². The summed E-state index contributed by atoms with van der Waals surface area (Å²) in [6.07, 6.45) is -3.14. The first kappa shape index (κ1) is 16.3. The second-order valence-electron chi connectivity index (χ2n) is 4.35. The summed E-state index contributed by atoms with van der Waals surface area (Å²) < 4.78 is 5.57. The molecule has 18 heavy (non-hydrogen) atoms. The van der Waals surface area contributed by atoms with Gasteiger partial charge in [-0.15, -0.1) is 0 Å². The molecular weight excluding hydrogens is 321 g/mol. The molecular formula is C10H20AsNO5S. The van der Waals surface area contributed by atoms with E-state index in [2.05, 4.69) is 16.7 Å². The van der Waals surface area contributed by atoms with Crippen molar-refractivity contribution in [2.24, 2.45) is 0 Å². The molecule has 0 radical (unpaired) electrons. The molecule has 106 valence electrons. The van der Waals surface area contributed by atoms with Crippen molar-refractivity contribution in [3.63, 3.8) is 0 Å². The number of amides is 1. The van der Waals surface area contributed by atoms with Crippen molar-refractivity contribution >= 4 is 29.4 Å². The molecule has 5 atom stereocenters. The van der Waals surface area contributed by atoms with Gasteiger partial charge >= 0.3 is 114 Å². The van der Waals surface area contributed by atoms with Gasteiger partial charge in [-0.3, -0.25) is 0 Å². The molecule has 0 unspecified atom stereocenters. The molecule has 0 saturated carbocycles. The van der Waals surface area contributed by atoms with Crippen LogP contribution in [0, 0.1) is 0 Å². The van der Waals surface area contributed by atoms with Crippen LogP contribution in [0.15, 0.2) is 0 Å². The molecule has 1 fully saturated rings. The van der Waals surface area contributed by atoms with Crippen LogP contribution in [0.1, 0.15) is 6.92 Å². The van der Waals surface area contributed by atoms with Crippen molar-refractivity contribution in [3.8, 4) is 0 Å². The fraction of sp³-hybridized carbons (Fsp3) is 0.900. The molecule has 0 aromatic carbocycles. The molecule has 8 heteroatoms. The molecule has 1 saturated heterocycles. The molecule has 1 rings (SSSR count). The number of carbonyl (C=O) groups excluding carboxylic acids is 1. The molecule has 0 aromatic rings. The van der Waals surface area contributed by atoms with E-state index in [1.807, 2.05) is 0 Å². The van der Waals surface area contributed by atoms with Crippen LogP contribution < -0.4 is 5.32 Å². The summed E-state index contributed by atoms with van der Waals surface area (Å²) in [5, 5.41) is 31.5. The zero-order chi connectivity index (χ0) is 13.9. The number of carbonyl (C=O) groups is 1. The molecule has 1 aliphatic heterocycles. The summed E-state index contributed by atoms with van der Waals surface area (Å²) in [5.74, 6) is -0.283. The zero-order valence-electron chi connectivity index (χ0n) is 10.6. The van der Waals surface area contributed by atoms with Crippen LogP contribution in [0.3, 0.4) is 0 Å². The van der Waals surface area contributed by atoms with E-state index in [0.717, 1.165) is 0 Å². The number of nitrogens with one attached hydrogen (secondary N) is 1. The summed E-state index contributed by atoms with van der Waals surface area (Å²) in [7, 11) is 1.58. The Bertz CT molecular complexity index is 293. The topological polar surface area (TPSA) is 99.0 Å². The van der Waals surface area contributed by atoms with E-state index < -0.39 is 43.3 Å². The Morgan fingerprint density at radius 3 is 2.44 bits per heavy atom. The predicted octanol–water partition coefficient (Wildman–Crippen LogP) is -1.09. The second kappa shape index (κ2) is 7.12. The van der Waals surface area contributed by atoms with E-state index in [1.54, 1.807) is 10.0 Å². The van der Waals surface area contributed by atoms with Crippen LogP contribution >= 0.6 is 10.0 Å². The first-order valence-corrected chi connectivity index (χ1v) is 12.5. The van der Waals surface area contributed by atoms with Gasteiger partial charge in [0.1, 0.15) is 0 Å². The first-order chi connectivity index (χ1) is 8.36. The van der Waals surface area contributed by atoms with Gasteiger partial charge < -0.3 is 0 Å². The molecule has 1 aliphatic rings. The maximum atomic E-state index is 11.1. The van der Waals surface area contributed by atoms with Crippen molar-refractivity contribution < 1.29 is 24.9 Å². The summed E-state index contributed by atoms with van der Waals surface area (Å²) in [4.78, 5) is 11.1. The monoisotopic (exact) mass is 341 g/mol. The van der Waals surface area contributed by atoms with E-state index in [4.69, 9.17) is 9.84 Å². The normalized spacial score (nSPS) is 36.7. The number of hydrogen-bond donors (Lipinski definition) is 4. The van der Waals surface area contributed by atoms with Gasteiger partial charge in [-0.25, -0.2) is 0 Å².